The molecule has 5 rings (SSSR count). The molecule has 0 saturated carbocycles. The molecule has 0 bridgehead atoms. The van der Waals surface area contributed by atoms with Gasteiger partial charge in [-0.1, -0.05) is 29.3 Å². The number of hydrogen-bond acceptors (Lipinski definition) is 3. The van der Waals surface area contributed by atoms with Crippen molar-refractivity contribution in [2.24, 2.45) is 0 Å². The maximum Gasteiger partial charge on any atom is 0.0921 e. The molecule has 1 N–H and O–H groups in total. The van der Waals surface area contributed by atoms with Gasteiger partial charge in [0.2, 0.25) is 0 Å². The van der Waals surface area contributed by atoms with Crippen LogP contribution < -0.4 is 0 Å². The lowest BCUT2D eigenvalue weighted by Gasteiger charge is -2.30. The predicted octanol–water partition coefficient (Wildman–Crippen LogP) is 5.48. The standard InChI is InChI=1S/C26H29ClN4/c27-22-8-9-24-21(16-22)7-6-20-4-3-12-29-26(20)25(24)19-10-14-31(15-11-19)13-2-1-5-23-17-28-18-30-23/h3-4,8-9,12,16-18H,1-2,5-7,10-11,13-15H2,(H,28,30). The first-order valence-corrected chi connectivity index (χ1v) is 11.8. The first kappa shape index (κ1) is 20.5. The monoisotopic (exact) mass is 432 g/mol. The molecule has 31 heavy (non-hydrogen) atoms. The summed E-state index contributed by atoms with van der Waals surface area (Å²) in [6.45, 7) is 3.44. The summed E-state index contributed by atoms with van der Waals surface area (Å²) in [7, 11) is 0. The van der Waals surface area contributed by atoms with Crippen molar-refractivity contribution in [1.82, 2.24) is 19.9 Å². The van der Waals surface area contributed by atoms with Crippen molar-refractivity contribution >= 4 is 17.2 Å². The molecule has 1 aromatic carbocycles. The number of H-pyrrole nitrogens is 1. The maximum atomic E-state index is 6.34. The highest BCUT2D eigenvalue weighted by Crippen LogP contribution is 2.38. The Bertz CT molecular complexity index is 1060. The first-order valence-electron chi connectivity index (χ1n) is 11.4. The van der Waals surface area contributed by atoms with E-state index in [1.165, 1.54) is 53.0 Å². The second kappa shape index (κ2) is 9.37. The van der Waals surface area contributed by atoms with Crippen LogP contribution in [-0.4, -0.2) is 39.5 Å². The summed E-state index contributed by atoms with van der Waals surface area (Å²) >= 11 is 6.34. The van der Waals surface area contributed by atoms with Crippen molar-refractivity contribution in [3.63, 3.8) is 0 Å². The fraction of sp³-hybridized carbons (Fsp3) is 0.385. The Hall–Kier alpha value is -2.43. The van der Waals surface area contributed by atoms with Gasteiger partial charge in [-0.2, -0.15) is 0 Å². The Morgan fingerprint density at radius 1 is 1.00 bits per heavy atom. The van der Waals surface area contributed by atoms with Gasteiger partial charge in [0.25, 0.3) is 0 Å². The predicted molar refractivity (Wildman–Crippen MR) is 126 cm³/mol. The molecule has 2 aromatic heterocycles. The highest BCUT2D eigenvalue weighted by molar-refractivity contribution is 6.30. The number of nitrogens with one attached hydrogen (secondary N) is 1. The number of nitrogens with zero attached hydrogens (tertiary/aromatic N) is 3. The summed E-state index contributed by atoms with van der Waals surface area (Å²) in [4.78, 5) is 14.8. The van der Waals surface area contributed by atoms with Crippen LogP contribution in [0.2, 0.25) is 5.02 Å². The Morgan fingerprint density at radius 3 is 2.71 bits per heavy atom. The Morgan fingerprint density at radius 2 is 1.87 bits per heavy atom. The molecule has 0 unspecified atom stereocenters. The quantitative estimate of drug-likeness (QED) is 0.543. The van der Waals surface area contributed by atoms with E-state index in [4.69, 9.17) is 16.6 Å². The van der Waals surface area contributed by atoms with Crippen LogP contribution in [0.3, 0.4) is 0 Å². The minimum Gasteiger partial charge on any atom is -0.348 e. The van der Waals surface area contributed by atoms with E-state index in [9.17, 15) is 0 Å². The van der Waals surface area contributed by atoms with Gasteiger partial charge in [0.15, 0.2) is 0 Å². The molecule has 3 heterocycles. The van der Waals surface area contributed by atoms with Crippen LogP contribution in [-0.2, 0) is 19.3 Å². The van der Waals surface area contributed by atoms with E-state index in [0.29, 0.717) is 0 Å². The third-order valence-corrected chi connectivity index (χ3v) is 6.90. The molecule has 0 amide bonds. The minimum atomic E-state index is 0.826. The number of hydrogen-bond donors (Lipinski definition) is 1. The van der Waals surface area contributed by atoms with Gasteiger partial charge in [-0.3, -0.25) is 4.98 Å². The van der Waals surface area contributed by atoms with Crippen molar-refractivity contribution in [3.8, 4) is 0 Å². The van der Waals surface area contributed by atoms with Crippen molar-refractivity contribution in [1.29, 1.82) is 0 Å². The summed E-state index contributed by atoms with van der Waals surface area (Å²) in [6, 6.07) is 10.7. The van der Waals surface area contributed by atoms with E-state index in [0.717, 1.165) is 50.2 Å². The van der Waals surface area contributed by atoms with E-state index < -0.39 is 0 Å². The van der Waals surface area contributed by atoms with Crippen molar-refractivity contribution < 1.29 is 0 Å². The molecule has 160 valence electrons. The molecule has 0 atom stereocenters. The lowest BCUT2D eigenvalue weighted by molar-refractivity contribution is 0.252. The topological polar surface area (TPSA) is 44.8 Å². The molecule has 1 aliphatic carbocycles. The smallest absolute Gasteiger partial charge is 0.0921 e. The number of benzene rings is 1. The maximum absolute atomic E-state index is 6.34. The van der Waals surface area contributed by atoms with Crippen LogP contribution in [0.15, 0.2) is 54.6 Å². The molecule has 3 aromatic rings. The number of aryl methyl sites for hydroxylation is 3. The molecular weight excluding hydrogens is 404 g/mol. The molecular formula is C26H29ClN4. The zero-order valence-corrected chi connectivity index (χ0v) is 18.7. The average molecular weight is 433 g/mol. The van der Waals surface area contributed by atoms with Crippen LogP contribution >= 0.6 is 11.6 Å². The molecule has 2 aliphatic rings. The lowest BCUT2D eigenvalue weighted by atomic mass is 9.88. The molecule has 4 nitrogen and oxygen atoms in total. The zero-order valence-electron chi connectivity index (χ0n) is 17.9. The second-order valence-corrected chi connectivity index (χ2v) is 9.10. The zero-order chi connectivity index (χ0) is 21.0. The fourth-order valence-corrected chi connectivity index (χ4v) is 5.20. The number of aromatic nitrogens is 3. The average Bonchev–Trinajstić information content (AvgIpc) is 3.26. The summed E-state index contributed by atoms with van der Waals surface area (Å²) in [5.41, 5.74) is 9.41. The van der Waals surface area contributed by atoms with Gasteiger partial charge >= 0.3 is 0 Å². The Labute approximate surface area is 189 Å². The van der Waals surface area contributed by atoms with E-state index in [1.54, 1.807) is 11.9 Å². The van der Waals surface area contributed by atoms with Crippen molar-refractivity contribution in [3.05, 3.63) is 87.7 Å². The lowest BCUT2D eigenvalue weighted by Crippen LogP contribution is -2.32. The van der Waals surface area contributed by atoms with Crippen LogP contribution in [0.25, 0.3) is 5.57 Å². The van der Waals surface area contributed by atoms with Crippen molar-refractivity contribution in [2.75, 3.05) is 19.6 Å². The van der Waals surface area contributed by atoms with Gasteiger partial charge in [-0.25, -0.2) is 4.98 Å². The minimum absolute atomic E-state index is 0.826. The van der Waals surface area contributed by atoms with Gasteiger partial charge in [-0.15, -0.1) is 0 Å². The van der Waals surface area contributed by atoms with Gasteiger partial charge in [0.05, 0.1) is 12.0 Å². The number of aromatic amines is 1. The fourth-order valence-electron chi connectivity index (χ4n) is 5.00. The number of rotatable bonds is 5. The molecule has 5 heteroatoms. The molecule has 0 radical (unpaired) electrons. The summed E-state index contributed by atoms with van der Waals surface area (Å²) in [6.07, 6.45) is 13.4. The highest BCUT2D eigenvalue weighted by Gasteiger charge is 2.25. The van der Waals surface area contributed by atoms with Crippen LogP contribution in [0, 0.1) is 0 Å². The Kier molecular flexibility index (Phi) is 6.19. The Balaban J connectivity index is 1.32. The third kappa shape index (κ3) is 4.60. The van der Waals surface area contributed by atoms with Gasteiger partial charge in [0, 0.05) is 41.8 Å². The van der Waals surface area contributed by atoms with E-state index >= 15 is 0 Å². The summed E-state index contributed by atoms with van der Waals surface area (Å²) < 4.78 is 0. The number of imidazole rings is 1. The molecule has 1 fully saturated rings. The summed E-state index contributed by atoms with van der Waals surface area (Å²) in [5.74, 6) is 0. The molecule has 1 saturated heterocycles. The highest BCUT2D eigenvalue weighted by atomic mass is 35.5. The number of piperidine rings is 1. The number of pyridine rings is 1. The third-order valence-electron chi connectivity index (χ3n) is 6.67. The number of likely N-dealkylation sites (tertiary alicyclic amines) is 1. The van der Waals surface area contributed by atoms with Crippen LogP contribution in [0.5, 0.6) is 0 Å². The van der Waals surface area contributed by atoms with E-state index in [1.807, 2.05) is 18.5 Å². The van der Waals surface area contributed by atoms with Crippen molar-refractivity contribution in [2.45, 2.75) is 44.9 Å². The summed E-state index contributed by atoms with van der Waals surface area (Å²) in [5, 5.41) is 0.826. The van der Waals surface area contributed by atoms with Gasteiger partial charge < -0.3 is 9.88 Å². The largest absolute Gasteiger partial charge is 0.348 e. The molecule has 1 aliphatic heterocycles. The first-order chi connectivity index (χ1) is 15.3. The van der Waals surface area contributed by atoms with Crippen LogP contribution in [0.1, 0.15) is 53.8 Å². The number of fused-ring (bicyclic) bond motifs is 2. The normalized spacial score (nSPS) is 16.7. The molecule has 0 spiro atoms. The number of unbranched alkanes of at least 4 members (excludes halogenated alkanes) is 1. The second-order valence-electron chi connectivity index (χ2n) is 8.67. The van der Waals surface area contributed by atoms with E-state index in [-0.39, 0.29) is 0 Å². The van der Waals surface area contributed by atoms with Gasteiger partial charge in [0.1, 0.15) is 0 Å². The van der Waals surface area contributed by atoms with Gasteiger partial charge in [-0.05, 0) is 86.4 Å². The van der Waals surface area contributed by atoms with E-state index in [2.05, 4.69) is 39.1 Å². The number of halogens is 1. The van der Waals surface area contributed by atoms with Crippen LogP contribution in [0.4, 0.5) is 0 Å². The SMILES string of the molecule is Clc1ccc2c(c1)CCc1cccnc1C2=C1CCN(CCCCc2cnc[nH]2)CC1.